The maximum atomic E-state index is 6.99. The summed E-state index contributed by atoms with van der Waals surface area (Å²) in [6, 6.07) is 15.1. The number of anilines is 2. The Hall–Kier alpha value is -2.57. The lowest BCUT2D eigenvalue weighted by molar-refractivity contribution is 0.357. The summed E-state index contributed by atoms with van der Waals surface area (Å²) >= 11 is 13.0. The van der Waals surface area contributed by atoms with Gasteiger partial charge in [-0.25, -0.2) is 0 Å². The second kappa shape index (κ2) is 10.3. The molecule has 4 heterocycles. The van der Waals surface area contributed by atoms with Crippen LogP contribution in [0.5, 0.6) is 0 Å². The number of rotatable bonds is 5. The van der Waals surface area contributed by atoms with Crippen molar-refractivity contribution in [1.29, 1.82) is 0 Å². The minimum atomic E-state index is -0.0722. The molecule has 0 amide bonds. The molecule has 0 aliphatic carbocycles. The lowest BCUT2D eigenvalue weighted by Crippen LogP contribution is -2.38. The molecule has 4 atom stereocenters. The van der Waals surface area contributed by atoms with Gasteiger partial charge in [0, 0.05) is 42.4 Å². The summed E-state index contributed by atoms with van der Waals surface area (Å²) < 4.78 is 2.40. The number of benzene rings is 1. The lowest BCUT2D eigenvalue weighted by Gasteiger charge is -2.37. The molecule has 37 heavy (non-hydrogen) atoms. The van der Waals surface area contributed by atoms with E-state index in [2.05, 4.69) is 91.6 Å². The third kappa shape index (κ3) is 4.86. The van der Waals surface area contributed by atoms with Crippen LogP contribution in [0.15, 0.2) is 48.7 Å². The number of aryl methyl sites for hydroxylation is 1. The number of hydrogen-bond donors (Lipinski definition) is 1. The van der Waals surface area contributed by atoms with E-state index in [0.29, 0.717) is 23.0 Å². The molecule has 2 saturated heterocycles. The molecule has 0 bridgehead atoms. The molecule has 0 spiro atoms. The molecule has 2 aliphatic heterocycles. The molecule has 1 N–H and O–H groups in total. The van der Waals surface area contributed by atoms with Crippen molar-refractivity contribution in [2.75, 3.05) is 22.9 Å². The number of nitrogens with zero attached hydrogens (tertiary/aromatic N) is 4. The summed E-state index contributed by atoms with van der Waals surface area (Å²) in [5.41, 5.74) is 6.86. The fraction of sp³-hybridized carbons (Fsp3) is 0.467. The Morgan fingerprint density at radius 2 is 1.78 bits per heavy atom. The van der Waals surface area contributed by atoms with Crippen LogP contribution in [-0.4, -0.2) is 27.8 Å². The lowest BCUT2D eigenvalue weighted by atomic mass is 9.91. The molecule has 7 heteroatoms. The van der Waals surface area contributed by atoms with Crippen LogP contribution < -0.4 is 15.1 Å². The Labute approximate surface area is 231 Å². The first kappa shape index (κ1) is 26.1. The van der Waals surface area contributed by atoms with Crippen LogP contribution in [0.3, 0.4) is 0 Å². The Morgan fingerprint density at radius 3 is 2.38 bits per heavy atom. The van der Waals surface area contributed by atoms with Gasteiger partial charge in [0.15, 0.2) is 5.11 Å². The quantitative estimate of drug-likeness (QED) is 0.344. The average molecular weight is 536 g/mol. The van der Waals surface area contributed by atoms with Gasteiger partial charge >= 0.3 is 0 Å². The summed E-state index contributed by atoms with van der Waals surface area (Å²) in [5, 5.41) is 5.06. The molecule has 5 nitrogen and oxygen atoms in total. The zero-order valence-electron chi connectivity index (χ0n) is 22.7. The normalized spacial score (nSPS) is 24.2. The summed E-state index contributed by atoms with van der Waals surface area (Å²) in [7, 11) is 0. The summed E-state index contributed by atoms with van der Waals surface area (Å²) in [4.78, 5) is 9.39. The SMILES string of the molecule is Cc1cc([C@@H]2[C@H](c3ccccn3)NC(=S)N2c2ccc(N3C[C@H](C)C[C@H](C)C3)c(Cl)c2)c(C)n1C(C)C. The first-order valence-electron chi connectivity index (χ1n) is 13.4. The summed E-state index contributed by atoms with van der Waals surface area (Å²) in [6.07, 6.45) is 3.12. The molecule has 0 saturated carbocycles. The van der Waals surface area contributed by atoms with Crippen LogP contribution in [0.4, 0.5) is 11.4 Å². The van der Waals surface area contributed by atoms with Crippen molar-refractivity contribution in [3.63, 3.8) is 0 Å². The summed E-state index contributed by atoms with van der Waals surface area (Å²) in [6.45, 7) is 15.6. The van der Waals surface area contributed by atoms with Crippen molar-refractivity contribution >= 4 is 40.3 Å². The van der Waals surface area contributed by atoms with Gasteiger partial charge in [-0.2, -0.15) is 0 Å². The molecule has 196 valence electrons. The maximum Gasteiger partial charge on any atom is 0.174 e. The topological polar surface area (TPSA) is 36.3 Å². The van der Waals surface area contributed by atoms with Gasteiger partial charge in [0.25, 0.3) is 0 Å². The molecule has 1 aromatic carbocycles. The minimum absolute atomic E-state index is 0.0435. The van der Waals surface area contributed by atoms with E-state index in [0.717, 1.165) is 35.2 Å². The first-order chi connectivity index (χ1) is 17.7. The molecule has 2 aliphatic rings. The first-order valence-corrected chi connectivity index (χ1v) is 14.2. The molecular formula is C30H38ClN5S. The molecule has 5 rings (SSSR count). The minimum Gasteiger partial charge on any atom is -0.370 e. The third-order valence-corrected chi connectivity index (χ3v) is 8.49. The van der Waals surface area contributed by atoms with Crippen LogP contribution in [-0.2, 0) is 0 Å². The van der Waals surface area contributed by atoms with E-state index < -0.39 is 0 Å². The highest BCUT2D eigenvalue weighted by Gasteiger charge is 2.42. The second-order valence-corrected chi connectivity index (χ2v) is 12.1. The highest BCUT2D eigenvalue weighted by Crippen LogP contribution is 2.45. The number of halogens is 1. The number of piperidine rings is 1. The van der Waals surface area contributed by atoms with Crippen molar-refractivity contribution in [1.82, 2.24) is 14.9 Å². The van der Waals surface area contributed by atoms with Crippen molar-refractivity contribution in [3.8, 4) is 0 Å². The molecule has 3 aromatic rings. The standard InChI is InChI=1S/C30H38ClN5S/c1-18(2)35-21(5)14-24(22(35)6)29-28(26-9-7-8-12-32-26)33-30(37)36(29)23-10-11-27(25(31)15-23)34-16-19(3)13-20(4)17-34/h7-12,14-15,18-20,28-29H,13,16-17H2,1-6H3,(H,33,37)/t19-,20+,28-,29+/m0/s1. The highest BCUT2D eigenvalue weighted by molar-refractivity contribution is 7.80. The van der Waals surface area contributed by atoms with Crippen LogP contribution in [0.25, 0.3) is 0 Å². The fourth-order valence-electron chi connectivity index (χ4n) is 6.61. The Balaban J connectivity index is 1.58. The number of pyridine rings is 1. The molecule has 0 unspecified atom stereocenters. The fourth-order valence-corrected chi connectivity index (χ4v) is 7.25. The Kier molecular flexibility index (Phi) is 7.25. The van der Waals surface area contributed by atoms with Crippen molar-refractivity contribution in [2.45, 2.75) is 66.1 Å². The van der Waals surface area contributed by atoms with Gasteiger partial charge in [0.2, 0.25) is 0 Å². The van der Waals surface area contributed by atoms with Crippen molar-refractivity contribution in [3.05, 3.63) is 76.3 Å². The molecule has 2 fully saturated rings. The Bertz CT molecular complexity index is 1280. The van der Waals surface area contributed by atoms with E-state index in [-0.39, 0.29) is 12.1 Å². The average Bonchev–Trinajstić information content (AvgIpc) is 3.33. The number of aromatic nitrogens is 2. The number of nitrogens with one attached hydrogen (secondary N) is 1. The van der Waals surface area contributed by atoms with E-state index in [4.69, 9.17) is 28.8 Å². The van der Waals surface area contributed by atoms with Gasteiger partial charge in [0.05, 0.1) is 28.5 Å². The van der Waals surface area contributed by atoms with Crippen LogP contribution in [0, 0.1) is 25.7 Å². The third-order valence-electron chi connectivity index (χ3n) is 7.88. The predicted molar refractivity (Wildman–Crippen MR) is 159 cm³/mol. The van der Waals surface area contributed by atoms with E-state index in [1.807, 2.05) is 18.3 Å². The molecule has 0 radical (unpaired) electrons. The largest absolute Gasteiger partial charge is 0.370 e. The molecule has 2 aromatic heterocycles. The predicted octanol–water partition coefficient (Wildman–Crippen LogP) is 7.39. The second-order valence-electron chi connectivity index (χ2n) is 11.3. The monoisotopic (exact) mass is 535 g/mol. The zero-order chi connectivity index (χ0) is 26.4. The van der Waals surface area contributed by atoms with Crippen molar-refractivity contribution < 1.29 is 0 Å². The van der Waals surface area contributed by atoms with Gasteiger partial charge in [-0.1, -0.05) is 31.5 Å². The van der Waals surface area contributed by atoms with Gasteiger partial charge in [0.1, 0.15) is 0 Å². The van der Waals surface area contributed by atoms with E-state index in [9.17, 15) is 0 Å². The van der Waals surface area contributed by atoms with Gasteiger partial charge in [-0.15, -0.1) is 0 Å². The van der Waals surface area contributed by atoms with E-state index >= 15 is 0 Å². The zero-order valence-corrected chi connectivity index (χ0v) is 24.3. The number of thiocarbonyl (C=S) groups is 1. The van der Waals surface area contributed by atoms with Gasteiger partial charge in [-0.3, -0.25) is 4.98 Å². The Morgan fingerprint density at radius 1 is 1.05 bits per heavy atom. The van der Waals surface area contributed by atoms with Crippen molar-refractivity contribution in [2.24, 2.45) is 11.8 Å². The summed E-state index contributed by atoms with van der Waals surface area (Å²) in [5.74, 6) is 1.32. The van der Waals surface area contributed by atoms with Gasteiger partial charge in [-0.05, 0) is 100 Å². The van der Waals surface area contributed by atoms with Crippen LogP contribution >= 0.6 is 23.8 Å². The number of hydrogen-bond acceptors (Lipinski definition) is 3. The highest BCUT2D eigenvalue weighted by atomic mass is 35.5. The maximum absolute atomic E-state index is 6.99. The smallest absolute Gasteiger partial charge is 0.174 e. The molecular weight excluding hydrogens is 498 g/mol. The van der Waals surface area contributed by atoms with Crippen LogP contribution in [0.1, 0.15) is 74.9 Å². The van der Waals surface area contributed by atoms with E-state index in [1.54, 1.807) is 0 Å². The van der Waals surface area contributed by atoms with Gasteiger partial charge < -0.3 is 19.7 Å². The van der Waals surface area contributed by atoms with Crippen LogP contribution in [0.2, 0.25) is 5.02 Å². The van der Waals surface area contributed by atoms with E-state index in [1.165, 1.54) is 23.4 Å².